The zero-order valence-electron chi connectivity index (χ0n) is 15.9. The maximum Gasteiger partial charge on any atom is 0.253 e. The molecule has 1 N–H and O–H groups in total. The molecule has 2 aromatic carbocycles. The quantitative estimate of drug-likeness (QED) is 0.745. The SMILES string of the molecule is CCOc1ccccc1CN(C)C(=O)c1ccc(OC)c(S(=O)(=O)NC)c1. The van der Waals surface area contributed by atoms with Gasteiger partial charge in [-0.1, -0.05) is 18.2 Å². The predicted octanol–water partition coefficient (Wildman–Crippen LogP) is 2.27. The van der Waals surface area contributed by atoms with Gasteiger partial charge in [-0.3, -0.25) is 4.79 Å². The minimum atomic E-state index is -3.76. The molecule has 7 nitrogen and oxygen atoms in total. The maximum atomic E-state index is 12.8. The Morgan fingerprint density at radius 1 is 1.15 bits per heavy atom. The number of hydrogen-bond acceptors (Lipinski definition) is 5. The minimum absolute atomic E-state index is 0.0820. The van der Waals surface area contributed by atoms with Crippen LogP contribution >= 0.6 is 0 Å². The number of benzene rings is 2. The van der Waals surface area contributed by atoms with Gasteiger partial charge in [-0.05, 0) is 38.2 Å². The summed E-state index contributed by atoms with van der Waals surface area (Å²) in [5.41, 5.74) is 1.12. The molecule has 0 spiro atoms. The summed E-state index contributed by atoms with van der Waals surface area (Å²) in [5, 5.41) is 0. The van der Waals surface area contributed by atoms with E-state index >= 15 is 0 Å². The van der Waals surface area contributed by atoms with Crippen LogP contribution in [-0.2, 0) is 16.6 Å². The van der Waals surface area contributed by atoms with Gasteiger partial charge in [0.2, 0.25) is 10.0 Å². The molecule has 146 valence electrons. The Bertz CT molecular complexity index is 912. The van der Waals surface area contributed by atoms with Gasteiger partial charge in [0.1, 0.15) is 16.4 Å². The Labute approximate surface area is 160 Å². The lowest BCUT2D eigenvalue weighted by atomic mass is 10.1. The highest BCUT2D eigenvalue weighted by atomic mass is 32.2. The molecule has 0 aliphatic heterocycles. The van der Waals surface area contributed by atoms with Crippen molar-refractivity contribution < 1.29 is 22.7 Å². The molecule has 0 fully saturated rings. The summed E-state index contributed by atoms with van der Waals surface area (Å²) in [5.74, 6) is 0.578. The highest BCUT2D eigenvalue weighted by Crippen LogP contribution is 2.26. The van der Waals surface area contributed by atoms with Gasteiger partial charge in [-0.15, -0.1) is 0 Å². The zero-order chi connectivity index (χ0) is 20.0. The summed E-state index contributed by atoms with van der Waals surface area (Å²) in [6.07, 6.45) is 0. The van der Waals surface area contributed by atoms with E-state index in [0.29, 0.717) is 18.9 Å². The van der Waals surface area contributed by atoms with E-state index in [1.807, 2.05) is 31.2 Å². The number of nitrogens with one attached hydrogen (secondary N) is 1. The van der Waals surface area contributed by atoms with Gasteiger partial charge in [0.05, 0.1) is 13.7 Å². The standard InChI is InChI=1S/C19H24N2O5S/c1-5-26-16-9-7-6-8-15(16)13-21(3)19(22)14-10-11-17(25-4)18(12-14)27(23,24)20-2/h6-12,20H,5,13H2,1-4H3. The molecule has 0 saturated carbocycles. The Morgan fingerprint density at radius 3 is 2.48 bits per heavy atom. The third kappa shape index (κ3) is 4.78. The number of carbonyl (C=O) groups excluding carboxylic acids is 1. The average Bonchev–Trinajstić information content (AvgIpc) is 2.68. The smallest absolute Gasteiger partial charge is 0.253 e. The molecular weight excluding hydrogens is 368 g/mol. The number of hydrogen-bond donors (Lipinski definition) is 1. The second kappa shape index (κ2) is 8.88. The first-order valence-corrected chi connectivity index (χ1v) is 9.90. The first-order valence-electron chi connectivity index (χ1n) is 8.41. The lowest BCUT2D eigenvalue weighted by Gasteiger charge is -2.20. The third-order valence-corrected chi connectivity index (χ3v) is 5.43. The van der Waals surface area contributed by atoms with Crippen molar-refractivity contribution in [1.82, 2.24) is 9.62 Å². The Balaban J connectivity index is 2.31. The molecule has 0 aliphatic carbocycles. The Kier molecular flexibility index (Phi) is 6.81. The molecule has 0 aliphatic rings. The Morgan fingerprint density at radius 2 is 1.85 bits per heavy atom. The highest BCUT2D eigenvalue weighted by molar-refractivity contribution is 7.89. The third-order valence-electron chi connectivity index (χ3n) is 4.00. The van der Waals surface area contributed by atoms with E-state index in [-0.39, 0.29) is 22.1 Å². The summed E-state index contributed by atoms with van der Waals surface area (Å²) >= 11 is 0. The van der Waals surface area contributed by atoms with Crippen molar-refractivity contribution in [3.05, 3.63) is 53.6 Å². The lowest BCUT2D eigenvalue weighted by Crippen LogP contribution is -2.27. The van der Waals surface area contributed by atoms with Crippen molar-refractivity contribution >= 4 is 15.9 Å². The van der Waals surface area contributed by atoms with Gasteiger partial charge < -0.3 is 14.4 Å². The molecule has 0 radical (unpaired) electrons. The first-order chi connectivity index (χ1) is 12.8. The summed E-state index contributed by atoms with van der Waals surface area (Å²) in [4.78, 5) is 14.2. The van der Waals surface area contributed by atoms with Crippen molar-refractivity contribution in [3.8, 4) is 11.5 Å². The molecule has 0 bridgehead atoms. The number of para-hydroxylation sites is 1. The van der Waals surface area contributed by atoms with Crippen molar-refractivity contribution in [2.75, 3.05) is 27.8 Å². The van der Waals surface area contributed by atoms with Crippen LogP contribution < -0.4 is 14.2 Å². The van der Waals surface area contributed by atoms with Crippen LogP contribution in [0.2, 0.25) is 0 Å². The second-order valence-corrected chi connectivity index (χ2v) is 7.63. The van der Waals surface area contributed by atoms with Crippen LogP contribution in [-0.4, -0.2) is 47.0 Å². The number of rotatable bonds is 8. The molecule has 0 atom stereocenters. The summed E-state index contributed by atoms with van der Waals surface area (Å²) in [6.45, 7) is 2.75. The van der Waals surface area contributed by atoms with E-state index in [9.17, 15) is 13.2 Å². The molecule has 0 heterocycles. The molecule has 0 aromatic heterocycles. The number of amides is 1. The molecule has 8 heteroatoms. The number of nitrogens with zero attached hydrogens (tertiary/aromatic N) is 1. The minimum Gasteiger partial charge on any atom is -0.495 e. The van der Waals surface area contributed by atoms with Crippen molar-refractivity contribution in [1.29, 1.82) is 0 Å². The van der Waals surface area contributed by atoms with E-state index in [4.69, 9.17) is 9.47 Å². The van der Waals surface area contributed by atoms with Gasteiger partial charge in [-0.25, -0.2) is 13.1 Å². The van der Waals surface area contributed by atoms with Crippen LogP contribution in [0, 0.1) is 0 Å². The second-order valence-electron chi connectivity index (χ2n) is 5.78. The van der Waals surface area contributed by atoms with Crippen LogP contribution in [0.1, 0.15) is 22.8 Å². The molecule has 2 aromatic rings. The Hall–Kier alpha value is -2.58. The number of sulfonamides is 1. The van der Waals surface area contributed by atoms with E-state index < -0.39 is 10.0 Å². The summed E-state index contributed by atoms with van der Waals surface area (Å²) < 4.78 is 37.3. The fourth-order valence-electron chi connectivity index (χ4n) is 2.61. The van der Waals surface area contributed by atoms with E-state index in [2.05, 4.69) is 4.72 Å². The number of ether oxygens (including phenoxy) is 2. The van der Waals surface area contributed by atoms with Crippen molar-refractivity contribution in [2.24, 2.45) is 0 Å². The van der Waals surface area contributed by atoms with Crippen molar-refractivity contribution in [3.63, 3.8) is 0 Å². The molecule has 2 rings (SSSR count). The fraction of sp³-hybridized carbons (Fsp3) is 0.316. The fourth-order valence-corrected chi connectivity index (χ4v) is 3.53. The van der Waals surface area contributed by atoms with Crippen LogP contribution in [0.25, 0.3) is 0 Å². The van der Waals surface area contributed by atoms with Crippen LogP contribution in [0.5, 0.6) is 11.5 Å². The largest absolute Gasteiger partial charge is 0.495 e. The topological polar surface area (TPSA) is 84.9 Å². The molecule has 0 unspecified atom stereocenters. The van der Waals surface area contributed by atoms with E-state index in [1.54, 1.807) is 13.1 Å². The number of carbonyl (C=O) groups is 1. The molecular formula is C19H24N2O5S. The number of methoxy groups -OCH3 is 1. The lowest BCUT2D eigenvalue weighted by molar-refractivity contribution is 0.0783. The normalized spacial score (nSPS) is 11.1. The average molecular weight is 392 g/mol. The monoisotopic (exact) mass is 392 g/mol. The highest BCUT2D eigenvalue weighted by Gasteiger charge is 2.22. The molecule has 1 amide bonds. The van der Waals surface area contributed by atoms with Crippen LogP contribution in [0.3, 0.4) is 0 Å². The summed E-state index contributed by atoms with van der Waals surface area (Å²) in [6, 6.07) is 11.8. The van der Waals surface area contributed by atoms with E-state index in [0.717, 1.165) is 5.56 Å². The van der Waals surface area contributed by atoms with Crippen LogP contribution in [0.4, 0.5) is 0 Å². The molecule has 27 heavy (non-hydrogen) atoms. The molecule has 0 saturated heterocycles. The zero-order valence-corrected chi connectivity index (χ0v) is 16.7. The van der Waals surface area contributed by atoms with Gasteiger partial charge in [0.25, 0.3) is 5.91 Å². The van der Waals surface area contributed by atoms with Gasteiger partial charge in [-0.2, -0.15) is 0 Å². The van der Waals surface area contributed by atoms with Gasteiger partial charge >= 0.3 is 0 Å². The van der Waals surface area contributed by atoms with Crippen LogP contribution in [0.15, 0.2) is 47.4 Å². The predicted molar refractivity (Wildman–Crippen MR) is 103 cm³/mol. The van der Waals surface area contributed by atoms with Crippen molar-refractivity contribution in [2.45, 2.75) is 18.4 Å². The van der Waals surface area contributed by atoms with Gasteiger partial charge in [0.15, 0.2) is 0 Å². The van der Waals surface area contributed by atoms with E-state index in [1.165, 1.54) is 31.2 Å². The van der Waals surface area contributed by atoms with Gasteiger partial charge in [0, 0.05) is 24.7 Å². The maximum absolute atomic E-state index is 12.8. The first kappa shape index (κ1) is 20.7. The summed E-state index contributed by atoms with van der Waals surface area (Å²) in [7, 11) is 0.576.